The molecule has 1 aliphatic heterocycles. The van der Waals surface area contributed by atoms with Gasteiger partial charge in [0.15, 0.2) is 0 Å². The Balaban J connectivity index is 1.63. The Morgan fingerprint density at radius 2 is 1.13 bits per heavy atom. The van der Waals surface area contributed by atoms with Gasteiger partial charge in [-0.15, -0.1) is 0 Å². The lowest BCUT2D eigenvalue weighted by Gasteiger charge is -2.37. The van der Waals surface area contributed by atoms with Gasteiger partial charge in [0.25, 0.3) is 0 Å². The molecule has 3 nitrogen and oxygen atoms in total. The molecule has 31 heavy (non-hydrogen) atoms. The zero-order valence-corrected chi connectivity index (χ0v) is 18.0. The molecular formula is C28H27NO2. The van der Waals surface area contributed by atoms with E-state index in [9.17, 15) is 9.59 Å². The first kappa shape index (κ1) is 19.7. The van der Waals surface area contributed by atoms with Crippen molar-refractivity contribution in [1.82, 2.24) is 0 Å². The van der Waals surface area contributed by atoms with Crippen LogP contribution in [0.1, 0.15) is 46.9 Å². The zero-order valence-electron chi connectivity index (χ0n) is 18.0. The van der Waals surface area contributed by atoms with Crippen molar-refractivity contribution in [3.05, 3.63) is 101 Å². The third-order valence-electron chi connectivity index (χ3n) is 7.33. The SMILES string of the molecule is Cc1cccc(N2C(=O)[C@H]3[C@H](C2=O)[C@H](c2ccccc2)CC[C@H]3c2ccccc2)c1C. The third kappa shape index (κ3) is 3.20. The summed E-state index contributed by atoms with van der Waals surface area (Å²) in [5, 5.41) is 0. The van der Waals surface area contributed by atoms with E-state index in [2.05, 4.69) is 24.3 Å². The van der Waals surface area contributed by atoms with E-state index in [1.807, 2.05) is 68.4 Å². The van der Waals surface area contributed by atoms with Gasteiger partial charge in [-0.1, -0.05) is 72.8 Å². The number of rotatable bonds is 3. The third-order valence-corrected chi connectivity index (χ3v) is 7.33. The summed E-state index contributed by atoms with van der Waals surface area (Å²) < 4.78 is 0. The Labute approximate surface area is 183 Å². The first-order valence-corrected chi connectivity index (χ1v) is 11.1. The second-order valence-corrected chi connectivity index (χ2v) is 8.89. The lowest BCUT2D eigenvalue weighted by atomic mass is 9.64. The molecule has 2 aliphatic rings. The molecule has 5 rings (SSSR count). The lowest BCUT2D eigenvalue weighted by molar-refractivity contribution is -0.122. The molecule has 0 unspecified atom stereocenters. The second kappa shape index (κ2) is 7.81. The number of hydrogen-bond acceptors (Lipinski definition) is 2. The molecule has 0 N–H and O–H groups in total. The van der Waals surface area contributed by atoms with Gasteiger partial charge in [0, 0.05) is 0 Å². The van der Waals surface area contributed by atoms with E-state index in [0.717, 1.165) is 40.8 Å². The summed E-state index contributed by atoms with van der Waals surface area (Å²) in [7, 11) is 0. The Kier molecular flexibility index (Phi) is 4.97. The highest BCUT2D eigenvalue weighted by atomic mass is 16.2. The van der Waals surface area contributed by atoms with Gasteiger partial charge in [0.1, 0.15) is 0 Å². The molecule has 1 saturated heterocycles. The Hall–Kier alpha value is -3.20. The highest BCUT2D eigenvalue weighted by Gasteiger charge is 2.57. The van der Waals surface area contributed by atoms with Crippen molar-refractivity contribution < 1.29 is 9.59 Å². The van der Waals surface area contributed by atoms with E-state index in [-0.39, 0.29) is 35.5 Å². The quantitative estimate of drug-likeness (QED) is 0.515. The van der Waals surface area contributed by atoms with Gasteiger partial charge in [-0.25, -0.2) is 4.90 Å². The van der Waals surface area contributed by atoms with Gasteiger partial charge in [-0.2, -0.15) is 0 Å². The van der Waals surface area contributed by atoms with Crippen molar-refractivity contribution in [2.75, 3.05) is 4.90 Å². The molecule has 3 heteroatoms. The number of fused-ring (bicyclic) bond motifs is 1. The standard InChI is InChI=1S/C28H27NO2/c1-18-10-9-15-24(19(18)2)29-27(30)25-22(20-11-5-3-6-12-20)16-17-23(26(25)28(29)31)21-13-7-4-8-14-21/h3-15,22-23,25-26H,16-17H2,1-2H3/t22-,23-,25+,26+/m0/s1. The minimum Gasteiger partial charge on any atom is -0.274 e. The van der Waals surface area contributed by atoms with Crippen LogP contribution in [0.15, 0.2) is 78.9 Å². The summed E-state index contributed by atoms with van der Waals surface area (Å²) in [5.74, 6) is -0.602. The van der Waals surface area contributed by atoms with Crippen LogP contribution in [0.25, 0.3) is 0 Å². The van der Waals surface area contributed by atoms with Crippen LogP contribution in [0.5, 0.6) is 0 Å². The Bertz CT molecular complexity index is 1060. The molecule has 4 atom stereocenters. The van der Waals surface area contributed by atoms with Crippen LogP contribution in [-0.2, 0) is 9.59 Å². The Morgan fingerprint density at radius 3 is 1.61 bits per heavy atom. The summed E-state index contributed by atoms with van der Waals surface area (Å²) in [6.07, 6.45) is 1.81. The minimum atomic E-state index is -0.325. The van der Waals surface area contributed by atoms with E-state index in [4.69, 9.17) is 0 Å². The highest BCUT2D eigenvalue weighted by Crippen LogP contribution is 2.53. The molecule has 1 saturated carbocycles. The molecule has 3 aromatic carbocycles. The molecular weight excluding hydrogens is 382 g/mol. The van der Waals surface area contributed by atoms with Gasteiger partial charge in [-0.3, -0.25) is 9.59 Å². The summed E-state index contributed by atoms with van der Waals surface area (Å²) >= 11 is 0. The number of hydrogen-bond donors (Lipinski definition) is 0. The van der Waals surface area contributed by atoms with Crippen LogP contribution in [0, 0.1) is 25.7 Å². The van der Waals surface area contributed by atoms with Crippen molar-refractivity contribution in [3.8, 4) is 0 Å². The number of imide groups is 1. The minimum absolute atomic E-state index is 0.0433. The molecule has 1 aliphatic carbocycles. The van der Waals surface area contributed by atoms with Crippen molar-refractivity contribution >= 4 is 17.5 Å². The molecule has 0 bridgehead atoms. The van der Waals surface area contributed by atoms with E-state index < -0.39 is 0 Å². The van der Waals surface area contributed by atoms with Crippen molar-refractivity contribution in [2.45, 2.75) is 38.5 Å². The number of carbonyl (C=O) groups excluding carboxylic acids is 2. The maximum absolute atomic E-state index is 13.9. The van der Waals surface area contributed by atoms with E-state index in [1.165, 1.54) is 4.90 Å². The normalized spacial score (nSPS) is 25.5. The average Bonchev–Trinajstić information content (AvgIpc) is 3.07. The van der Waals surface area contributed by atoms with Gasteiger partial charge in [0.2, 0.25) is 11.8 Å². The van der Waals surface area contributed by atoms with Crippen LogP contribution in [0.3, 0.4) is 0 Å². The Morgan fingerprint density at radius 1 is 0.645 bits per heavy atom. The summed E-state index contributed by atoms with van der Waals surface area (Å²) in [6.45, 7) is 4.02. The maximum atomic E-state index is 13.9. The predicted molar refractivity (Wildman–Crippen MR) is 123 cm³/mol. The van der Waals surface area contributed by atoms with Crippen molar-refractivity contribution in [1.29, 1.82) is 0 Å². The van der Waals surface area contributed by atoms with Crippen LogP contribution in [0.2, 0.25) is 0 Å². The van der Waals surface area contributed by atoms with E-state index in [0.29, 0.717) is 0 Å². The number of amides is 2. The van der Waals surface area contributed by atoms with Crippen LogP contribution in [0.4, 0.5) is 5.69 Å². The summed E-state index contributed by atoms with van der Waals surface area (Å²) in [5.41, 5.74) is 5.14. The van der Waals surface area contributed by atoms with Crippen LogP contribution < -0.4 is 4.90 Å². The first-order chi connectivity index (χ1) is 15.1. The number of anilines is 1. The number of benzene rings is 3. The molecule has 2 amide bonds. The van der Waals surface area contributed by atoms with E-state index in [1.54, 1.807) is 0 Å². The fourth-order valence-electron chi connectivity index (χ4n) is 5.64. The molecule has 0 spiro atoms. The fourth-order valence-corrected chi connectivity index (χ4v) is 5.64. The molecule has 156 valence electrons. The molecule has 2 fully saturated rings. The first-order valence-electron chi connectivity index (χ1n) is 11.1. The molecule has 0 aromatic heterocycles. The summed E-state index contributed by atoms with van der Waals surface area (Å²) in [4.78, 5) is 29.3. The van der Waals surface area contributed by atoms with Gasteiger partial charge < -0.3 is 0 Å². The van der Waals surface area contributed by atoms with Crippen LogP contribution in [-0.4, -0.2) is 11.8 Å². The van der Waals surface area contributed by atoms with Crippen molar-refractivity contribution in [3.63, 3.8) is 0 Å². The van der Waals surface area contributed by atoms with Gasteiger partial charge >= 0.3 is 0 Å². The zero-order chi connectivity index (χ0) is 21.5. The molecule has 3 aromatic rings. The van der Waals surface area contributed by atoms with E-state index >= 15 is 0 Å². The molecule has 1 heterocycles. The van der Waals surface area contributed by atoms with Crippen LogP contribution >= 0.6 is 0 Å². The van der Waals surface area contributed by atoms with Gasteiger partial charge in [-0.05, 0) is 66.8 Å². The number of nitrogens with zero attached hydrogens (tertiary/aromatic N) is 1. The maximum Gasteiger partial charge on any atom is 0.238 e. The number of aryl methyl sites for hydroxylation is 1. The monoisotopic (exact) mass is 409 g/mol. The predicted octanol–water partition coefficient (Wildman–Crippen LogP) is 5.77. The highest BCUT2D eigenvalue weighted by molar-refractivity contribution is 6.23. The lowest BCUT2D eigenvalue weighted by Crippen LogP contribution is -2.34. The smallest absolute Gasteiger partial charge is 0.238 e. The molecule has 0 radical (unpaired) electrons. The fraction of sp³-hybridized carbons (Fsp3) is 0.286. The average molecular weight is 410 g/mol. The second-order valence-electron chi connectivity index (χ2n) is 8.89. The topological polar surface area (TPSA) is 37.4 Å². The van der Waals surface area contributed by atoms with Gasteiger partial charge in [0.05, 0.1) is 17.5 Å². The van der Waals surface area contributed by atoms with Crippen molar-refractivity contribution in [2.24, 2.45) is 11.8 Å². The largest absolute Gasteiger partial charge is 0.274 e. The summed E-state index contributed by atoms with van der Waals surface area (Å²) in [6, 6.07) is 26.4. The number of carbonyl (C=O) groups is 2.